The van der Waals surface area contributed by atoms with Gasteiger partial charge in [-0.25, -0.2) is 17.4 Å². The van der Waals surface area contributed by atoms with Crippen LogP contribution in [0.25, 0.3) is 5.69 Å². The largest absolute Gasteiger partial charge is 0.320 e. The van der Waals surface area contributed by atoms with Crippen molar-refractivity contribution in [3.63, 3.8) is 0 Å². The third-order valence-corrected chi connectivity index (χ3v) is 6.64. The lowest BCUT2D eigenvalue weighted by Crippen LogP contribution is -2.23. The molecule has 29 heavy (non-hydrogen) atoms. The predicted molar refractivity (Wildman–Crippen MR) is 113 cm³/mol. The van der Waals surface area contributed by atoms with Crippen LogP contribution in [0.5, 0.6) is 0 Å². The van der Waals surface area contributed by atoms with Crippen LogP contribution in [-0.2, 0) is 10.0 Å². The summed E-state index contributed by atoms with van der Waals surface area (Å²) in [5.41, 5.74) is 3.23. The van der Waals surface area contributed by atoms with Crippen LogP contribution >= 0.6 is 11.6 Å². The molecule has 7 nitrogen and oxygen atoms in total. The van der Waals surface area contributed by atoms with E-state index in [0.717, 1.165) is 15.7 Å². The Labute approximate surface area is 175 Å². The number of benzene rings is 2. The second kappa shape index (κ2) is 7.98. The number of sulfonamides is 1. The van der Waals surface area contributed by atoms with Crippen molar-refractivity contribution in [2.24, 2.45) is 0 Å². The molecule has 0 fully saturated rings. The summed E-state index contributed by atoms with van der Waals surface area (Å²) in [6.45, 7) is 3.82. The van der Waals surface area contributed by atoms with Gasteiger partial charge in [-0.1, -0.05) is 23.7 Å². The number of amides is 1. The zero-order valence-corrected chi connectivity index (χ0v) is 18.0. The van der Waals surface area contributed by atoms with Crippen LogP contribution in [0.2, 0.25) is 5.02 Å². The summed E-state index contributed by atoms with van der Waals surface area (Å²) in [6, 6.07) is 13.4. The molecule has 0 aliphatic rings. The van der Waals surface area contributed by atoms with Gasteiger partial charge in [0.25, 0.3) is 5.91 Å². The van der Waals surface area contributed by atoms with Crippen LogP contribution < -0.4 is 5.32 Å². The van der Waals surface area contributed by atoms with E-state index in [-0.39, 0.29) is 15.5 Å². The fourth-order valence-corrected chi connectivity index (χ4v) is 4.26. The second-order valence-corrected chi connectivity index (χ2v) is 9.27. The fourth-order valence-electron chi connectivity index (χ4n) is 2.87. The average Bonchev–Trinajstić information content (AvgIpc) is 3.00. The SMILES string of the molecule is Cc1cc(C)n(-c2ccccc2NC(=O)c2ccc(Cl)c(S(=O)(=O)N(C)C)c2)n1. The van der Waals surface area contributed by atoms with Crippen molar-refractivity contribution in [3.05, 3.63) is 70.5 Å². The van der Waals surface area contributed by atoms with E-state index in [4.69, 9.17) is 11.6 Å². The number of anilines is 1. The number of rotatable bonds is 5. The molecule has 0 aliphatic heterocycles. The van der Waals surface area contributed by atoms with Crippen molar-refractivity contribution in [1.82, 2.24) is 14.1 Å². The summed E-state index contributed by atoms with van der Waals surface area (Å²) in [7, 11) is -0.972. The maximum absolute atomic E-state index is 12.9. The van der Waals surface area contributed by atoms with Crippen LogP contribution in [0, 0.1) is 13.8 Å². The first-order chi connectivity index (χ1) is 13.6. The highest BCUT2D eigenvalue weighted by Gasteiger charge is 2.23. The highest BCUT2D eigenvalue weighted by molar-refractivity contribution is 7.89. The Bertz CT molecular complexity index is 1190. The Hall–Kier alpha value is -2.68. The highest BCUT2D eigenvalue weighted by atomic mass is 35.5. The molecule has 0 bridgehead atoms. The van der Waals surface area contributed by atoms with Crippen molar-refractivity contribution in [2.75, 3.05) is 19.4 Å². The molecule has 1 aromatic heterocycles. The van der Waals surface area contributed by atoms with Gasteiger partial charge in [0.2, 0.25) is 10.0 Å². The molecule has 3 rings (SSSR count). The number of para-hydroxylation sites is 2. The number of hydrogen-bond acceptors (Lipinski definition) is 4. The molecule has 0 saturated carbocycles. The van der Waals surface area contributed by atoms with Gasteiger partial charge in [-0.3, -0.25) is 4.79 Å². The number of carbonyl (C=O) groups excluding carboxylic acids is 1. The number of aryl methyl sites for hydroxylation is 2. The molecule has 2 aromatic carbocycles. The van der Waals surface area contributed by atoms with Crippen LogP contribution in [0.1, 0.15) is 21.7 Å². The Balaban J connectivity index is 1.98. The maximum atomic E-state index is 12.9. The van der Waals surface area contributed by atoms with E-state index in [0.29, 0.717) is 11.4 Å². The first-order valence-electron chi connectivity index (χ1n) is 8.77. The lowest BCUT2D eigenvalue weighted by Gasteiger charge is -2.15. The molecule has 152 valence electrons. The Morgan fingerprint density at radius 1 is 1.10 bits per heavy atom. The first kappa shape index (κ1) is 21.0. The average molecular weight is 433 g/mol. The van der Waals surface area contributed by atoms with E-state index in [2.05, 4.69) is 10.4 Å². The van der Waals surface area contributed by atoms with Crippen LogP contribution in [-0.4, -0.2) is 42.5 Å². The molecule has 1 amide bonds. The van der Waals surface area contributed by atoms with Gasteiger partial charge in [0, 0.05) is 25.4 Å². The van der Waals surface area contributed by atoms with Gasteiger partial charge < -0.3 is 5.32 Å². The van der Waals surface area contributed by atoms with E-state index < -0.39 is 15.9 Å². The summed E-state index contributed by atoms with van der Waals surface area (Å²) in [5, 5.41) is 7.35. The quantitative estimate of drug-likeness (QED) is 0.667. The monoisotopic (exact) mass is 432 g/mol. The number of nitrogens with one attached hydrogen (secondary N) is 1. The van der Waals surface area contributed by atoms with Gasteiger partial charge >= 0.3 is 0 Å². The summed E-state index contributed by atoms with van der Waals surface area (Å²) >= 11 is 6.07. The van der Waals surface area contributed by atoms with Crippen molar-refractivity contribution in [3.8, 4) is 5.69 Å². The molecule has 1 heterocycles. The predicted octanol–water partition coefficient (Wildman–Crippen LogP) is 3.65. The number of nitrogens with zero attached hydrogens (tertiary/aromatic N) is 3. The molecule has 1 N–H and O–H groups in total. The summed E-state index contributed by atoms with van der Waals surface area (Å²) in [6.07, 6.45) is 0. The van der Waals surface area contributed by atoms with Crippen molar-refractivity contribution >= 4 is 33.2 Å². The number of halogens is 1. The molecule has 0 saturated heterocycles. The Morgan fingerprint density at radius 3 is 2.41 bits per heavy atom. The van der Waals surface area contributed by atoms with Gasteiger partial charge in [0.15, 0.2) is 0 Å². The van der Waals surface area contributed by atoms with Gasteiger partial charge in [0.1, 0.15) is 4.90 Å². The highest BCUT2D eigenvalue weighted by Crippen LogP contribution is 2.26. The normalized spacial score (nSPS) is 11.7. The standard InChI is InChI=1S/C20H21ClN4O3S/c1-13-11-14(2)25(23-13)18-8-6-5-7-17(18)22-20(26)15-9-10-16(21)19(12-15)29(27,28)24(3)4/h5-12H,1-4H3,(H,22,26). The van der Waals surface area contributed by atoms with E-state index in [1.807, 2.05) is 32.0 Å². The third-order valence-electron chi connectivity index (χ3n) is 4.34. The van der Waals surface area contributed by atoms with Crippen molar-refractivity contribution in [1.29, 1.82) is 0 Å². The van der Waals surface area contributed by atoms with Crippen molar-refractivity contribution in [2.45, 2.75) is 18.7 Å². The molecule has 0 unspecified atom stereocenters. The maximum Gasteiger partial charge on any atom is 0.255 e. The molecular weight excluding hydrogens is 412 g/mol. The van der Waals surface area contributed by atoms with Gasteiger partial charge in [0.05, 0.1) is 22.1 Å². The lowest BCUT2D eigenvalue weighted by atomic mass is 10.2. The van der Waals surface area contributed by atoms with E-state index in [1.165, 1.54) is 32.3 Å². The number of aromatic nitrogens is 2. The molecule has 0 atom stereocenters. The summed E-state index contributed by atoms with van der Waals surface area (Å²) in [5.74, 6) is -0.453. The molecule has 3 aromatic rings. The molecule has 9 heteroatoms. The minimum Gasteiger partial charge on any atom is -0.320 e. The Kier molecular flexibility index (Phi) is 5.79. The molecule has 0 radical (unpaired) electrons. The van der Waals surface area contributed by atoms with Gasteiger partial charge in [-0.15, -0.1) is 0 Å². The zero-order chi connectivity index (χ0) is 21.3. The minimum atomic E-state index is -3.78. The van der Waals surface area contributed by atoms with Crippen LogP contribution in [0.3, 0.4) is 0 Å². The second-order valence-electron chi connectivity index (χ2n) is 6.74. The van der Waals surface area contributed by atoms with Crippen LogP contribution in [0.4, 0.5) is 5.69 Å². The van der Waals surface area contributed by atoms with E-state index >= 15 is 0 Å². The smallest absolute Gasteiger partial charge is 0.255 e. The third kappa shape index (κ3) is 4.19. The molecular formula is C20H21ClN4O3S. The van der Waals surface area contributed by atoms with Gasteiger partial charge in [-0.05, 0) is 50.2 Å². The zero-order valence-electron chi connectivity index (χ0n) is 16.5. The number of carbonyl (C=O) groups is 1. The van der Waals surface area contributed by atoms with E-state index in [1.54, 1.807) is 16.8 Å². The molecule has 0 spiro atoms. The summed E-state index contributed by atoms with van der Waals surface area (Å²) < 4.78 is 27.7. The lowest BCUT2D eigenvalue weighted by molar-refractivity contribution is 0.102. The van der Waals surface area contributed by atoms with Crippen LogP contribution in [0.15, 0.2) is 53.4 Å². The molecule has 0 aliphatic carbocycles. The number of hydrogen-bond donors (Lipinski definition) is 1. The topological polar surface area (TPSA) is 84.3 Å². The first-order valence-corrected chi connectivity index (χ1v) is 10.6. The van der Waals surface area contributed by atoms with Gasteiger partial charge in [-0.2, -0.15) is 5.10 Å². The summed E-state index contributed by atoms with van der Waals surface area (Å²) in [4.78, 5) is 12.7. The van der Waals surface area contributed by atoms with E-state index in [9.17, 15) is 13.2 Å². The minimum absolute atomic E-state index is 0.0540. The Morgan fingerprint density at radius 2 is 1.79 bits per heavy atom. The fraction of sp³-hybridized carbons (Fsp3) is 0.200. The van der Waals surface area contributed by atoms with Crippen molar-refractivity contribution < 1.29 is 13.2 Å².